The number of benzene rings is 1. The van der Waals surface area contributed by atoms with Crippen LogP contribution < -0.4 is 0 Å². The molecule has 1 rings (SSSR count). The Morgan fingerprint density at radius 2 is 1.93 bits per heavy atom. The molecule has 0 aliphatic carbocycles. The summed E-state index contributed by atoms with van der Waals surface area (Å²) in [5.74, 6) is 0. The van der Waals surface area contributed by atoms with Crippen LogP contribution in [0.5, 0.6) is 0 Å². The van der Waals surface area contributed by atoms with E-state index in [-0.39, 0.29) is 6.10 Å². The van der Waals surface area contributed by atoms with Crippen molar-refractivity contribution >= 4 is 0 Å². The maximum Gasteiger partial charge on any atom is 0.0793 e. The van der Waals surface area contributed by atoms with Crippen molar-refractivity contribution in [3.63, 3.8) is 0 Å². The van der Waals surface area contributed by atoms with Crippen LogP contribution in [0.2, 0.25) is 0 Å². The molecule has 0 bridgehead atoms. The summed E-state index contributed by atoms with van der Waals surface area (Å²) in [6.45, 7) is 4.16. The largest absolute Gasteiger partial charge is 0.388 e. The number of aliphatic hydroxyl groups excluding tert-OH is 1. The minimum Gasteiger partial charge on any atom is -0.388 e. The van der Waals surface area contributed by atoms with Crippen LogP contribution in [0.3, 0.4) is 0 Å². The standard InChI is InChI=1S/C13H18O/c1-11(2)7-6-10-13(14)12-8-4-3-5-9-12/h3-5,7-9,13-14H,6,10H2,1-2H3. The summed E-state index contributed by atoms with van der Waals surface area (Å²) in [6, 6.07) is 9.81. The van der Waals surface area contributed by atoms with Crippen LogP contribution in [-0.4, -0.2) is 5.11 Å². The summed E-state index contributed by atoms with van der Waals surface area (Å²) in [7, 11) is 0. The topological polar surface area (TPSA) is 20.2 Å². The first-order valence-electron chi connectivity index (χ1n) is 5.06. The highest BCUT2D eigenvalue weighted by molar-refractivity contribution is 5.17. The maximum absolute atomic E-state index is 9.80. The van der Waals surface area contributed by atoms with Crippen molar-refractivity contribution in [1.29, 1.82) is 0 Å². The second kappa shape index (κ2) is 5.61. The van der Waals surface area contributed by atoms with Crippen molar-refractivity contribution in [2.45, 2.75) is 32.8 Å². The molecule has 1 unspecified atom stereocenters. The van der Waals surface area contributed by atoms with Crippen LogP contribution in [0, 0.1) is 0 Å². The Balaban J connectivity index is 2.43. The summed E-state index contributed by atoms with van der Waals surface area (Å²) < 4.78 is 0. The van der Waals surface area contributed by atoms with Gasteiger partial charge in [-0.3, -0.25) is 0 Å². The van der Waals surface area contributed by atoms with Gasteiger partial charge in [0.25, 0.3) is 0 Å². The lowest BCUT2D eigenvalue weighted by Gasteiger charge is -2.08. The molecule has 0 aliphatic heterocycles. The zero-order valence-corrected chi connectivity index (χ0v) is 8.90. The van der Waals surface area contributed by atoms with Crippen LogP contribution in [-0.2, 0) is 0 Å². The average Bonchev–Trinajstić information content (AvgIpc) is 2.18. The van der Waals surface area contributed by atoms with Crippen LogP contribution in [0.25, 0.3) is 0 Å². The van der Waals surface area contributed by atoms with Gasteiger partial charge in [0.05, 0.1) is 6.10 Å². The van der Waals surface area contributed by atoms with Gasteiger partial charge < -0.3 is 5.11 Å². The Labute approximate surface area is 86.1 Å². The number of aliphatic hydroxyl groups is 1. The molecule has 0 radical (unpaired) electrons. The summed E-state index contributed by atoms with van der Waals surface area (Å²) >= 11 is 0. The molecule has 0 fully saturated rings. The molecule has 0 aliphatic rings. The highest BCUT2D eigenvalue weighted by atomic mass is 16.3. The number of hydrogen-bond acceptors (Lipinski definition) is 1. The molecular weight excluding hydrogens is 172 g/mol. The van der Waals surface area contributed by atoms with Gasteiger partial charge in [-0.1, -0.05) is 42.0 Å². The molecule has 0 saturated carbocycles. The highest BCUT2D eigenvalue weighted by Crippen LogP contribution is 2.18. The molecule has 0 saturated heterocycles. The van der Waals surface area contributed by atoms with Crippen molar-refractivity contribution in [2.75, 3.05) is 0 Å². The molecule has 14 heavy (non-hydrogen) atoms. The minimum atomic E-state index is -0.327. The Morgan fingerprint density at radius 1 is 1.29 bits per heavy atom. The summed E-state index contributed by atoms with van der Waals surface area (Å²) in [6.07, 6.45) is 3.58. The Morgan fingerprint density at radius 3 is 2.50 bits per heavy atom. The molecule has 1 aromatic rings. The average molecular weight is 190 g/mol. The lowest BCUT2D eigenvalue weighted by Crippen LogP contribution is -1.95. The summed E-state index contributed by atoms with van der Waals surface area (Å²) in [5.41, 5.74) is 2.32. The first-order chi connectivity index (χ1) is 6.70. The van der Waals surface area contributed by atoms with Gasteiger partial charge in [-0.25, -0.2) is 0 Å². The molecule has 76 valence electrons. The predicted octanol–water partition coefficient (Wildman–Crippen LogP) is 3.47. The van der Waals surface area contributed by atoms with E-state index in [1.54, 1.807) is 0 Å². The molecular formula is C13H18O. The second-order valence-electron chi connectivity index (χ2n) is 3.79. The van der Waals surface area contributed by atoms with E-state index in [1.165, 1.54) is 5.57 Å². The molecule has 1 N–H and O–H groups in total. The van der Waals surface area contributed by atoms with E-state index in [9.17, 15) is 5.11 Å². The van der Waals surface area contributed by atoms with E-state index < -0.39 is 0 Å². The molecule has 0 heterocycles. The van der Waals surface area contributed by atoms with Crippen molar-refractivity contribution in [3.05, 3.63) is 47.5 Å². The smallest absolute Gasteiger partial charge is 0.0793 e. The van der Waals surface area contributed by atoms with Gasteiger partial charge >= 0.3 is 0 Å². The third-order valence-corrected chi connectivity index (χ3v) is 2.18. The van der Waals surface area contributed by atoms with E-state index >= 15 is 0 Å². The van der Waals surface area contributed by atoms with Gasteiger partial charge in [0.15, 0.2) is 0 Å². The molecule has 0 aromatic heterocycles. The van der Waals surface area contributed by atoms with Crippen molar-refractivity contribution in [3.8, 4) is 0 Å². The van der Waals surface area contributed by atoms with Crippen molar-refractivity contribution in [2.24, 2.45) is 0 Å². The van der Waals surface area contributed by atoms with Gasteiger partial charge in [-0.2, -0.15) is 0 Å². The van der Waals surface area contributed by atoms with E-state index in [0.29, 0.717) is 0 Å². The molecule has 1 aromatic carbocycles. The molecule has 1 nitrogen and oxygen atoms in total. The quantitative estimate of drug-likeness (QED) is 0.721. The monoisotopic (exact) mass is 190 g/mol. The molecule has 0 spiro atoms. The maximum atomic E-state index is 9.80. The number of hydrogen-bond donors (Lipinski definition) is 1. The third-order valence-electron chi connectivity index (χ3n) is 2.18. The van der Waals surface area contributed by atoms with Crippen molar-refractivity contribution in [1.82, 2.24) is 0 Å². The lowest BCUT2D eigenvalue weighted by molar-refractivity contribution is 0.168. The Bertz CT molecular complexity index is 283. The van der Waals surface area contributed by atoms with Gasteiger partial charge in [0.2, 0.25) is 0 Å². The fourth-order valence-corrected chi connectivity index (χ4v) is 1.37. The van der Waals surface area contributed by atoms with E-state index in [0.717, 1.165) is 18.4 Å². The Kier molecular flexibility index (Phi) is 4.41. The molecule has 1 heteroatoms. The van der Waals surface area contributed by atoms with Crippen LogP contribution in [0.4, 0.5) is 0 Å². The van der Waals surface area contributed by atoms with Crippen LogP contribution in [0.15, 0.2) is 42.0 Å². The third kappa shape index (κ3) is 3.75. The first-order valence-corrected chi connectivity index (χ1v) is 5.06. The van der Waals surface area contributed by atoms with Gasteiger partial charge in [-0.05, 0) is 32.3 Å². The van der Waals surface area contributed by atoms with E-state index in [2.05, 4.69) is 19.9 Å². The molecule has 0 amide bonds. The highest BCUT2D eigenvalue weighted by Gasteiger charge is 2.04. The van der Waals surface area contributed by atoms with Gasteiger partial charge in [0, 0.05) is 0 Å². The summed E-state index contributed by atoms with van der Waals surface area (Å²) in [4.78, 5) is 0. The van der Waals surface area contributed by atoms with Crippen molar-refractivity contribution < 1.29 is 5.11 Å². The van der Waals surface area contributed by atoms with Crippen LogP contribution >= 0.6 is 0 Å². The second-order valence-corrected chi connectivity index (χ2v) is 3.79. The lowest BCUT2D eigenvalue weighted by atomic mass is 10.0. The Hall–Kier alpha value is -1.08. The van der Waals surface area contributed by atoms with Gasteiger partial charge in [0.1, 0.15) is 0 Å². The zero-order valence-electron chi connectivity index (χ0n) is 8.90. The normalized spacial score (nSPS) is 12.2. The van der Waals surface area contributed by atoms with E-state index in [4.69, 9.17) is 0 Å². The van der Waals surface area contributed by atoms with Crippen LogP contribution in [0.1, 0.15) is 38.4 Å². The minimum absolute atomic E-state index is 0.327. The number of rotatable bonds is 4. The zero-order chi connectivity index (χ0) is 10.4. The first kappa shape index (κ1) is 11.0. The predicted molar refractivity (Wildman–Crippen MR) is 60.1 cm³/mol. The summed E-state index contributed by atoms with van der Waals surface area (Å²) in [5, 5.41) is 9.80. The fraction of sp³-hybridized carbons (Fsp3) is 0.385. The van der Waals surface area contributed by atoms with Gasteiger partial charge in [-0.15, -0.1) is 0 Å². The molecule has 1 atom stereocenters. The SMILES string of the molecule is CC(C)=CCCC(O)c1ccccc1. The van der Waals surface area contributed by atoms with E-state index in [1.807, 2.05) is 30.3 Å². The fourth-order valence-electron chi connectivity index (χ4n) is 1.37. The number of allylic oxidation sites excluding steroid dienone is 2.